The Hall–Kier alpha value is -2.10. The summed E-state index contributed by atoms with van der Waals surface area (Å²) < 4.78 is -0.555. The van der Waals surface area contributed by atoms with Gasteiger partial charge in [0.15, 0.2) is 0 Å². The molecule has 3 amide bonds. The summed E-state index contributed by atoms with van der Waals surface area (Å²) >= 11 is 1.46. The molecule has 2 saturated heterocycles. The maximum atomic E-state index is 13.0. The number of carboxylic acid groups (broad SMARTS) is 1. The van der Waals surface area contributed by atoms with E-state index in [1.807, 2.05) is 43.2 Å². The van der Waals surface area contributed by atoms with E-state index in [1.54, 1.807) is 4.90 Å². The fourth-order valence-corrected chi connectivity index (χ4v) is 4.41. The lowest BCUT2D eigenvalue weighted by molar-refractivity contribution is -0.136. The first kappa shape index (κ1) is 20.6. The first-order valence-electron chi connectivity index (χ1n) is 9.45. The monoisotopic (exact) mass is 411 g/mol. The average molecular weight is 412 g/mol. The van der Waals surface area contributed by atoms with Crippen LogP contribution in [0.25, 0.3) is 0 Å². The first-order valence-corrected chi connectivity index (χ1v) is 10.7. The number of carbonyl (C=O) groups is 3. The van der Waals surface area contributed by atoms with Crippen molar-refractivity contribution in [2.75, 3.05) is 39.7 Å². The molecule has 0 radical (unpaired) electrons. The van der Waals surface area contributed by atoms with Crippen LogP contribution in [-0.4, -0.2) is 99.2 Å². The van der Waals surface area contributed by atoms with Gasteiger partial charge in [0.1, 0.15) is 11.7 Å². The van der Waals surface area contributed by atoms with Crippen molar-refractivity contribution >= 4 is 29.7 Å². The molecule has 0 aromatic carbocycles. The predicted octanol–water partition coefficient (Wildman–Crippen LogP) is 0.601. The van der Waals surface area contributed by atoms with Gasteiger partial charge in [-0.25, -0.2) is 4.79 Å². The summed E-state index contributed by atoms with van der Waals surface area (Å²) in [4.78, 5) is 44.6. The Morgan fingerprint density at radius 2 is 1.93 bits per heavy atom. The molecule has 10 heteroatoms. The summed E-state index contributed by atoms with van der Waals surface area (Å²) in [5.74, 6) is -0.138. The van der Waals surface area contributed by atoms with Crippen LogP contribution in [0.4, 0.5) is 4.79 Å². The second-order valence-corrected chi connectivity index (χ2v) is 9.58. The SMILES string of the molecule is CSC(C)(C)[C@@H](NC(=O)O)C(=O)N1CCC(N2CN3CN(C)C=C3C2=O)CC1. The highest BCUT2D eigenvalue weighted by molar-refractivity contribution is 8.00. The molecule has 0 aromatic rings. The van der Waals surface area contributed by atoms with Gasteiger partial charge >= 0.3 is 6.09 Å². The molecule has 0 saturated carbocycles. The molecule has 3 heterocycles. The van der Waals surface area contributed by atoms with Crippen LogP contribution < -0.4 is 5.32 Å². The zero-order chi connectivity index (χ0) is 20.6. The topological polar surface area (TPSA) is 96.4 Å². The molecule has 156 valence electrons. The molecule has 3 rings (SSSR count). The molecule has 2 N–H and O–H groups in total. The Morgan fingerprint density at radius 1 is 1.29 bits per heavy atom. The molecule has 3 aliphatic rings. The summed E-state index contributed by atoms with van der Waals surface area (Å²) in [5, 5.41) is 11.5. The Kier molecular flexibility index (Phi) is 5.69. The van der Waals surface area contributed by atoms with Crippen LogP contribution >= 0.6 is 11.8 Å². The third-order valence-electron chi connectivity index (χ3n) is 5.83. The Balaban J connectivity index is 1.61. The number of nitrogens with one attached hydrogen (secondary N) is 1. The summed E-state index contributed by atoms with van der Waals surface area (Å²) in [6.45, 7) is 6.09. The van der Waals surface area contributed by atoms with Gasteiger partial charge in [-0.3, -0.25) is 9.59 Å². The van der Waals surface area contributed by atoms with E-state index in [9.17, 15) is 14.4 Å². The fraction of sp³-hybridized carbons (Fsp3) is 0.722. The maximum absolute atomic E-state index is 13.0. The van der Waals surface area contributed by atoms with E-state index in [-0.39, 0.29) is 17.9 Å². The van der Waals surface area contributed by atoms with Crippen molar-refractivity contribution in [2.45, 2.75) is 43.5 Å². The van der Waals surface area contributed by atoms with Crippen LogP contribution in [0.5, 0.6) is 0 Å². The van der Waals surface area contributed by atoms with Crippen molar-refractivity contribution in [2.24, 2.45) is 0 Å². The van der Waals surface area contributed by atoms with Gasteiger partial charge in [-0.15, -0.1) is 0 Å². The van der Waals surface area contributed by atoms with E-state index >= 15 is 0 Å². The molecule has 2 fully saturated rings. The summed E-state index contributed by atoms with van der Waals surface area (Å²) in [7, 11) is 1.95. The van der Waals surface area contributed by atoms with Crippen molar-refractivity contribution in [3.05, 3.63) is 11.9 Å². The first-order chi connectivity index (χ1) is 13.1. The van der Waals surface area contributed by atoms with Gasteiger partial charge in [0.2, 0.25) is 5.91 Å². The second-order valence-electron chi connectivity index (χ2n) is 8.12. The zero-order valence-electron chi connectivity index (χ0n) is 16.8. The summed E-state index contributed by atoms with van der Waals surface area (Å²) in [6.07, 6.45) is 3.96. The van der Waals surface area contributed by atoms with Gasteiger partial charge in [-0.05, 0) is 32.9 Å². The smallest absolute Gasteiger partial charge is 0.405 e. The van der Waals surface area contributed by atoms with Crippen molar-refractivity contribution in [1.29, 1.82) is 0 Å². The van der Waals surface area contributed by atoms with E-state index < -0.39 is 16.9 Å². The highest BCUT2D eigenvalue weighted by Gasteiger charge is 2.43. The minimum absolute atomic E-state index is 0.0584. The van der Waals surface area contributed by atoms with Crippen LogP contribution in [0, 0.1) is 0 Å². The molecule has 1 atom stereocenters. The zero-order valence-corrected chi connectivity index (χ0v) is 17.7. The number of nitrogens with zero attached hydrogens (tertiary/aromatic N) is 4. The molecule has 3 aliphatic heterocycles. The molecular weight excluding hydrogens is 382 g/mol. The minimum Gasteiger partial charge on any atom is -0.465 e. The number of carbonyl (C=O) groups excluding carboxylic acids is 2. The number of hydrogen-bond acceptors (Lipinski definition) is 6. The third-order valence-corrected chi connectivity index (χ3v) is 7.12. The van der Waals surface area contributed by atoms with E-state index in [4.69, 9.17) is 5.11 Å². The van der Waals surface area contributed by atoms with Gasteiger partial charge in [-0.2, -0.15) is 11.8 Å². The molecule has 0 unspecified atom stereocenters. The van der Waals surface area contributed by atoms with Crippen LogP contribution in [0.2, 0.25) is 0 Å². The molecule has 0 spiro atoms. The Labute approximate surface area is 169 Å². The molecule has 0 aromatic heterocycles. The Morgan fingerprint density at radius 3 is 2.46 bits per heavy atom. The lowest BCUT2D eigenvalue weighted by Gasteiger charge is -2.40. The standard InChI is InChI=1S/C18H29N5O4S/c1-18(2,28-4)14(19-17(26)27)16(25)21-7-5-12(6-8-21)23-11-22-10-20(3)9-13(22)15(23)24/h9,12,14,19H,5-8,10-11H2,1-4H3,(H,26,27)/t14-/m0/s1. The van der Waals surface area contributed by atoms with Gasteiger partial charge in [0.25, 0.3) is 5.91 Å². The lowest BCUT2D eigenvalue weighted by atomic mass is 9.98. The lowest BCUT2D eigenvalue weighted by Crippen LogP contribution is -2.59. The number of amides is 3. The van der Waals surface area contributed by atoms with Crippen molar-refractivity contribution < 1.29 is 19.5 Å². The van der Waals surface area contributed by atoms with Crippen molar-refractivity contribution in [1.82, 2.24) is 24.9 Å². The van der Waals surface area contributed by atoms with E-state index in [2.05, 4.69) is 10.2 Å². The quantitative estimate of drug-likeness (QED) is 0.684. The Bertz CT molecular complexity index is 689. The molecule has 9 nitrogen and oxygen atoms in total. The van der Waals surface area contributed by atoms with Gasteiger partial charge in [0.05, 0.1) is 13.3 Å². The fourth-order valence-electron chi connectivity index (χ4n) is 4.02. The number of thioether (sulfide) groups is 1. The molecule has 0 aliphatic carbocycles. The number of hydrogen-bond donors (Lipinski definition) is 2. The third kappa shape index (κ3) is 3.87. The van der Waals surface area contributed by atoms with E-state index in [0.29, 0.717) is 32.6 Å². The van der Waals surface area contributed by atoms with Crippen LogP contribution in [-0.2, 0) is 9.59 Å². The van der Waals surface area contributed by atoms with E-state index in [0.717, 1.165) is 12.4 Å². The number of likely N-dealkylation sites (tertiary alicyclic amines) is 1. The summed E-state index contributed by atoms with van der Waals surface area (Å²) in [6, 6.07) is -0.705. The van der Waals surface area contributed by atoms with Gasteiger partial charge in [0, 0.05) is 37.1 Å². The van der Waals surface area contributed by atoms with Crippen LogP contribution in [0.1, 0.15) is 26.7 Å². The van der Waals surface area contributed by atoms with Crippen molar-refractivity contribution in [3.8, 4) is 0 Å². The van der Waals surface area contributed by atoms with E-state index in [1.165, 1.54) is 11.8 Å². The van der Waals surface area contributed by atoms with Gasteiger partial charge in [-0.1, -0.05) is 0 Å². The number of fused-ring (bicyclic) bond motifs is 1. The normalized spacial score (nSPS) is 21.7. The maximum Gasteiger partial charge on any atom is 0.405 e. The van der Waals surface area contributed by atoms with Crippen LogP contribution in [0.15, 0.2) is 11.9 Å². The summed E-state index contributed by atoms with van der Waals surface area (Å²) in [5.41, 5.74) is 0.744. The highest BCUT2D eigenvalue weighted by atomic mass is 32.2. The molecule has 28 heavy (non-hydrogen) atoms. The minimum atomic E-state index is -1.20. The predicted molar refractivity (Wildman–Crippen MR) is 106 cm³/mol. The molecule has 0 bridgehead atoms. The molecular formula is C18H29N5O4S. The largest absolute Gasteiger partial charge is 0.465 e. The highest BCUT2D eigenvalue weighted by Crippen LogP contribution is 2.31. The number of piperidine rings is 1. The number of rotatable bonds is 5. The van der Waals surface area contributed by atoms with Gasteiger partial charge < -0.3 is 30.0 Å². The van der Waals surface area contributed by atoms with Crippen molar-refractivity contribution in [3.63, 3.8) is 0 Å². The van der Waals surface area contributed by atoms with Crippen LogP contribution in [0.3, 0.4) is 0 Å². The average Bonchev–Trinajstić information content (AvgIpc) is 3.16. The second kappa shape index (κ2) is 7.73.